The summed E-state index contributed by atoms with van der Waals surface area (Å²) in [7, 11) is 0. The summed E-state index contributed by atoms with van der Waals surface area (Å²) in [5.74, 6) is -1.29. The molecule has 5 nitrogen and oxygen atoms in total. The number of aliphatic hydroxyl groups excluding tert-OH is 1. The van der Waals surface area contributed by atoms with Gasteiger partial charge in [-0.1, -0.05) is 24.3 Å². The molecule has 1 saturated carbocycles. The number of ether oxygens (including phenoxy) is 2. The van der Waals surface area contributed by atoms with Crippen LogP contribution in [0.1, 0.15) is 12.8 Å². The molecular weight excluding hydrogens is 308 g/mol. The second-order valence-electron chi connectivity index (χ2n) is 6.49. The molecule has 1 N–H and O–H groups in total. The Hall–Kier alpha value is -2.66. The zero-order chi connectivity index (χ0) is 16.5. The summed E-state index contributed by atoms with van der Waals surface area (Å²) >= 11 is 0. The second-order valence-corrected chi connectivity index (χ2v) is 6.49. The molecule has 5 rings (SSSR count). The number of rotatable bonds is 0. The first-order chi connectivity index (χ1) is 11.6. The predicted octanol–water partition coefficient (Wildman–Crippen LogP) is 2.16. The van der Waals surface area contributed by atoms with E-state index in [1.807, 2.05) is 24.3 Å². The number of hydrogen-bond donors (Lipinski definition) is 1. The molecule has 2 aromatic rings. The number of carbonyl (C=O) groups excluding carboxylic acids is 2. The summed E-state index contributed by atoms with van der Waals surface area (Å²) in [4.78, 5) is 25.2. The fourth-order valence-electron chi connectivity index (χ4n) is 4.32. The smallest absolute Gasteiger partial charge is 0.273 e. The fraction of sp³-hybridized carbons (Fsp3) is 0.263. The SMILES string of the molecule is O=C1C=CC(=O)C12C(O)CCC21Oc2cccc3cccc(c23)O1. The Labute approximate surface area is 137 Å². The van der Waals surface area contributed by atoms with E-state index >= 15 is 0 Å². The monoisotopic (exact) mass is 322 g/mol. The van der Waals surface area contributed by atoms with Crippen LogP contribution in [0.3, 0.4) is 0 Å². The minimum absolute atomic E-state index is 0.261. The Morgan fingerprint density at radius 2 is 1.54 bits per heavy atom. The molecule has 24 heavy (non-hydrogen) atoms. The normalized spacial score (nSPS) is 25.5. The van der Waals surface area contributed by atoms with Crippen LogP contribution in [0.15, 0.2) is 48.6 Å². The van der Waals surface area contributed by atoms with Crippen LogP contribution in [0.5, 0.6) is 11.5 Å². The van der Waals surface area contributed by atoms with Gasteiger partial charge in [-0.05, 0) is 36.1 Å². The van der Waals surface area contributed by atoms with Crippen molar-refractivity contribution in [3.05, 3.63) is 48.6 Å². The van der Waals surface area contributed by atoms with E-state index in [-0.39, 0.29) is 12.8 Å². The lowest BCUT2D eigenvalue weighted by molar-refractivity contribution is -0.200. The molecule has 1 atom stereocenters. The molecule has 2 spiro atoms. The molecule has 2 aliphatic carbocycles. The van der Waals surface area contributed by atoms with Gasteiger partial charge >= 0.3 is 0 Å². The molecule has 1 aliphatic heterocycles. The Kier molecular flexibility index (Phi) is 2.43. The molecule has 0 aromatic heterocycles. The van der Waals surface area contributed by atoms with Gasteiger partial charge in [0.05, 0.1) is 11.5 Å². The van der Waals surface area contributed by atoms with Gasteiger partial charge in [0.2, 0.25) is 0 Å². The summed E-state index contributed by atoms with van der Waals surface area (Å²) < 4.78 is 12.3. The first-order valence-electron chi connectivity index (χ1n) is 7.93. The second kappa shape index (κ2) is 4.24. The third kappa shape index (κ3) is 1.35. The van der Waals surface area contributed by atoms with Crippen LogP contribution >= 0.6 is 0 Å². The fourth-order valence-corrected chi connectivity index (χ4v) is 4.32. The third-order valence-corrected chi connectivity index (χ3v) is 5.39. The van der Waals surface area contributed by atoms with E-state index in [1.165, 1.54) is 12.2 Å². The van der Waals surface area contributed by atoms with Crippen molar-refractivity contribution in [3.63, 3.8) is 0 Å². The highest BCUT2D eigenvalue weighted by molar-refractivity contribution is 6.24. The van der Waals surface area contributed by atoms with Crippen molar-refractivity contribution in [1.82, 2.24) is 0 Å². The number of aliphatic hydroxyl groups is 1. The van der Waals surface area contributed by atoms with Crippen LogP contribution in [0.4, 0.5) is 0 Å². The van der Waals surface area contributed by atoms with Crippen molar-refractivity contribution >= 4 is 22.3 Å². The van der Waals surface area contributed by atoms with Gasteiger partial charge in [0.25, 0.3) is 5.79 Å². The molecule has 3 aliphatic rings. The first kappa shape index (κ1) is 13.7. The van der Waals surface area contributed by atoms with Gasteiger partial charge in [-0.15, -0.1) is 0 Å². The van der Waals surface area contributed by atoms with Gasteiger partial charge in [-0.25, -0.2) is 0 Å². The Morgan fingerprint density at radius 1 is 0.958 bits per heavy atom. The van der Waals surface area contributed by atoms with Crippen LogP contribution in [-0.2, 0) is 9.59 Å². The van der Waals surface area contributed by atoms with Crippen molar-refractivity contribution in [2.24, 2.45) is 5.41 Å². The average molecular weight is 322 g/mol. The topological polar surface area (TPSA) is 72.8 Å². The molecule has 1 unspecified atom stereocenters. The van der Waals surface area contributed by atoms with Gasteiger partial charge in [0.1, 0.15) is 11.5 Å². The van der Waals surface area contributed by atoms with Crippen LogP contribution in [0.2, 0.25) is 0 Å². The lowest BCUT2D eigenvalue weighted by atomic mass is 9.75. The Bertz CT molecular complexity index is 883. The zero-order valence-electron chi connectivity index (χ0n) is 12.7. The van der Waals surface area contributed by atoms with Crippen molar-refractivity contribution in [3.8, 4) is 11.5 Å². The molecular formula is C19H14O5. The minimum Gasteiger partial charge on any atom is -0.450 e. The molecule has 2 aromatic carbocycles. The molecule has 1 fully saturated rings. The zero-order valence-corrected chi connectivity index (χ0v) is 12.7. The quantitative estimate of drug-likeness (QED) is 0.753. The number of ketones is 2. The van der Waals surface area contributed by atoms with Gasteiger partial charge in [-0.3, -0.25) is 9.59 Å². The highest BCUT2D eigenvalue weighted by Gasteiger charge is 2.74. The molecule has 0 radical (unpaired) electrons. The highest BCUT2D eigenvalue weighted by atomic mass is 16.7. The molecule has 0 amide bonds. The summed E-state index contributed by atoms with van der Waals surface area (Å²) in [6, 6.07) is 11.2. The van der Waals surface area contributed by atoms with Crippen LogP contribution in [0, 0.1) is 5.41 Å². The van der Waals surface area contributed by atoms with E-state index < -0.39 is 28.9 Å². The van der Waals surface area contributed by atoms with E-state index in [2.05, 4.69) is 0 Å². The number of allylic oxidation sites excluding steroid dienone is 2. The van der Waals surface area contributed by atoms with Crippen molar-refractivity contribution in [2.45, 2.75) is 24.7 Å². The largest absolute Gasteiger partial charge is 0.450 e. The lowest BCUT2D eigenvalue weighted by Crippen LogP contribution is -2.63. The standard InChI is InChI=1S/C19H14O5/c20-14-7-8-15(21)19(14)16(22)9-10-18(19)23-12-5-1-3-11-4-2-6-13(24-18)17(11)12/h1-8,16,22H,9-10H2. The third-order valence-electron chi connectivity index (χ3n) is 5.39. The molecule has 1 heterocycles. The van der Waals surface area contributed by atoms with Gasteiger partial charge < -0.3 is 14.6 Å². The van der Waals surface area contributed by atoms with Gasteiger partial charge in [0.15, 0.2) is 17.0 Å². The van der Waals surface area contributed by atoms with Crippen molar-refractivity contribution in [2.75, 3.05) is 0 Å². The molecule has 0 bridgehead atoms. The van der Waals surface area contributed by atoms with Crippen LogP contribution in [-0.4, -0.2) is 28.6 Å². The highest BCUT2D eigenvalue weighted by Crippen LogP contribution is 2.57. The maximum absolute atomic E-state index is 12.6. The Morgan fingerprint density at radius 3 is 2.12 bits per heavy atom. The molecule has 120 valence electrons. The van der Waals surface area contributed by atoms with Crippen molar-refractivity contribution in [1.29, 1.82) is 0 Å². The van der Waals surface area contributed by atoms with E-state index in [1.54, 1.807) is 12.1 Å². The van der Waals surface area contributed by atoms with Crippen LogP contribution in [0.25, 0.3) is 10.8 Å². The summed E-state index contributed by atoms with van der Waals surface area (Å²) in [6.07, 6.45) is 1.82. The number of fused-ring (bicyclic) bond motifs is 1. The number of benzene rings is 2. The van der Waals surface area contributed by atoms with E-state index in [4.69, 9.17) is 9.47 Å². The maximum Gasteiger partial charge on any atom is 0.273 e. The van der Waals surface area contributed by atoms with E-state index in [9.17, 15) is 14.7 Å². The first-order valence-corrected chi connectivity index (χ1v) is 7.93. The Balaban J connectivity index is 1.76. The lowest BCUT2D eigenvalue weighted by Gasteiger charge is -2.44. The maximum atomic E-state index is 12.6. The van der Waals surface area contributed by atoms with E-state index in [0.29, 0.717) is 11.5 Å². The van der Waals surface area contributed by atoms with E-state index in [0.717, 1.165) is 10.8 Å². The van der Waals surface area contributed by atoms with Gasteiger partial charge in [0, 0.05) is 6.42 Å². The van der Waals surface area contributed by atoms with Crippen molar-refractivity contribution < 1.29 is 24.2 Å². The molecule has 5 heteroatoms. The number of hydrogen-bond acceptors (Lipinski definition) is 5. The van der Waals surface area contributed by atoms with Gasteiger partial charge in [-0.2, -0.15) is 0 Å². The number of carbonyl (C=O) groups is 2. The summed E-state index contributed by atoms with van der Waals surface area (Å²) in [6.45, 7) is 0. The minimum atomic E-state index is -1.72. The predicted molar refractivity (Wildman–Crippen MR) is 84.8 cm³/mol. The summed E-state index contributed by atoms with van der Waals surface area (Å²) in [5.41, 5.74) is -1.72. The van der Waals surface area contributed by atoms with Crippen LogP contribution < -0.4 is 9.47 Å². The average Bonchev–Trinajstić information content (AvgIpc) is 3.03. The molecule has 0 saturated heterocycles. The summed E-state index contributed by atoms with van der Waals surface area (Å²) in [5, 5.41) is 12.3.